The van der Waals surface area contributed by atoms with Gasteiger partial charge >= 0.3 is 0 Å². The summed E-state index contributed by atoms with van der Waals surface area (Å²) < 4.78 is 0. The predicted octanol–water partition coefficient (Wildman–Crippen LogP) is 3.12. The summed E-state index contributed by atoms with van der Waals surface area (Å²) in [6.07, 6.45) is 3.22. The molecule has 1 unspecified atom stereocenters. The lowest BCUT2D eigenvalue weighted by Gasteiger charge is -2.42. The lowest BCUT2D eigenvalue weighted by atomic mass is 10.1. The molecule has 5 heteroatoms. The third-order valence-electron chi connectivity index (χ3n) is 4.14. The zero-order valence-corrected chi connectivity index (χ0v) is 15.0. The van der Waals surface area contributed by atoms with Gasteiger partial charge in [0.1, 0.15) is 0 Å². The van der Waals surface area contributed by atoms with Gasteiger partial charge in [-0.3, -0.25) is 4.90 Å². The van der Waals surface area contributed by atoms with Crippen LogP contribution in [0.3, 0.4) is 0 Å². The molecule has 1 saturated heterocycles. The third-order valence-corrected chi connectivity index (χ3v) is 5.38. The summed E-state index contributed by atoms with van der Waals surface area (Å²) in [6.45, 7) is 16.8. The maximum Gasteiger partial charge on any atom is 0.185 e. The Morgan fingerprint density at radius 1 is 1.29 bits per heavy atom. The average Bonchev–Trinajstić information content (AvgIpc) is 2.94. The first-order valence-electron chi connectivity index (χ1n) is 8.11. The summed E-state index contributed by atoms with van der Waals surface area (Å²) in [6, 6.07) is 0.409. The van der Waals surface area contributed by atoms with Crippen molar-refractivity contribution in [1.29, 1.82) is 0 Å². The van der Waals surface area contributed by atoms with Gasteiger partial charge in [0, 0.05) is 48.8 Å². The zero-order chi connectivity index (χ0) is 15.5. The van der Waals surface area contributed by atoms with E-state index in [4.69, 9.17) is 0 Å². The average molecular weight is 311 g/mol. The van der Waals surface area contributed by atoms with E-state index >= 15 is 0 Å². The first-order valence-corrected chi connectivity index (χ1v) is 8.92. The molecule has 0 radical (unpaired) electrons. The molecule has 1 aliphatic rings. The Bertz CT molecular complexity index is 430. The first-order chi connectivity index (χ1) is 9.91. The largest absolute Gasteiger partial charge is 0.346 e. The van der Waals surface area contributed by atoms with Crippen LogP contribution in [0, 0.1) is 0 Å². The highest BCUT2D eigenvalue weighted by molar-refractivity contribution is 7.15. The third kappa shape index (κ3) is 4.41. The molecule has 1 aromatic heterocycles. The van der Waals surface area contributed by atoms with Gasteiger partial charge in [0.05, 0.1) is 0 Å². The molecule has 1 aromatic rings. The number of rotatable bonds is 5. The number of aromatic nitrogens is 1. The second-order valence-electron chi connectivity index (χ2n) is 6.87. The van der Waals surface area contributed by atoms with Crippen molar-refractivity contribution >= 4 is 16.5 Å². The molecule has 2 heterocycles. The Morgan fingerprint density at radius 2 is 1.95 bits per heavy atom. The molecule has 1 N–H and O–H groups in total. The molecule has 1 fully saturated rings. The highest BCUT2D eigenvalue weighted by Gasteiger charge is 2.27. The molecular weight excluding hydrogens is 280 g/mol. The Hall–Kier alpha value is -0.650. The summed E-state index contributed by atoms with van der Waals surface area (Å²) in [5, 5.41) is 4.72. The standard InChI is InChI=1S/C16H30N4S/c1-6-7-17-13(2)14-12-18-15(21-14)19-8-10-20(11-9-19)16(3,4)5/h12-13,17H,6-11H2,1-5H3. The molecular formula is C16H30N4S. The van der Waals surface area contributed by atoms with Crippen molar-refractivity contribution in [3.63, 3.8) is 0 Å². The molecule has 0 aliphatic carbocycles. The van der Waals surface area contributed by atoms with Crippen molar-refractivity contribution in [2.24, 2.45) is 0 Å². The van der Waals surface area contributed by atoms with Crippen molar-refractivity contribution in [3.05, 3.63) is 11.1 Å². The van der Waals surface area contributed by atoms with E-state index in [0.29, 0.717) is 6.04 Å². The van der Waals surface area contributed by atoms with E-state index in [1.165, 1.54) is 16.4 Å². The number of anilines is 1. The van der Waals surface area contributed by atoms with Crippen LogP contribution < -0.4 is 10.2 Å². The number of nitrogens with one attached hydrogen (secondary N) is 1. The van der Waals surface area contributed by atoms with Crippen LogP contribution in [-0.2, 0) is 0 Å². The molecule has 21 heavy (non-hydrogen) atoms. The van der Waals surface area contributed by atoms with Gasteiger partial charge < -0.3 is 10.2 Å². The molecule has 0 bridgehead atoms. The van der Waals surface area contributed by atoms with E-state index in [0.717, 1.165) is 32.7 Å². The lowest BCUT2D eigenvalue weighted by Crippen LogP contribution is -2.53. The van der Waals surface area contributed by atoms with Crippen molar-refractivity contribution < 1.29 is 0 Å². The van der Waals surface area contributed by atoms with Crippen LogP contribution >= 0.6 is 11.3 Å². The molecule has 4 nitrogen and oxygen atoms in total. The van der Waals surface area contributed by atoms with Crippen LogP contribution in [0.15, 0.2) is 6.20 Å². The van der Waals surface area contributed by atoms with Crippen LogP contribution in [-0.4, -0.2) is 48.1 Å². The number of piperazine rings is 1. The Balaban J connectivity index is 1.91. The van der Waals surface area contributed by atoms with Crippen molar-refractivity contribution in [1.82, 2.24) is 15.2 Å². The molecule has 1 aliphatic heterocycles. The Labute approximate surface area is 133 Å². The van der Waals surface area contributed by atoms with Gasteiger partial charge in [-0.25, -0.2) is 4.98 Å². The molecule has 0 aromatic carbocycles. The fourth-order valence-corrected chi connectivity index (χ4v) is 3.65. The normalized spacial score (nSPS) is 19.0. The van der Waals surface area contributed by atoms with Crippen LogP contribution in [0.1, 0.15) is 52.0 Å². The zero-order valence-electron chi connectivity index (χ0n) is 14.1. The monoisotopic (exact) mass is 310 g/mol. The summed E-state index contributed by atoms with van der Waals surface area (Å²) >= 11 is 1.84. The van der Waals surface area contributed by atoms with Crippen LogP contribution in [0.5, 0.6) is 0 Å². The first kappa shape index (κ1) is 16.7. The fraction of sp³-hybridized carbons (Fsp3) is 0.812. The van der Waals surface area contributed by atoms with Gasteiger partial charge in [-0.05, 0) is 40.7 Å². The van der Waals surface area contributed by atoms with Crippen LogP contribution in [0.25, 0.3) is 0 Å². The molecule has 120 valence electrons. The van der Waals surface area contributed by atoms with Gasteiger partial charge in [0.15, 0.2) is 5.13 Å². The number of hydrogen-bond donors (Lipinski definition) is 1. The lowest BCUT2D eigenvalue weighted by molar-refractivity contribution is 0.128. The van der Waals surface area contributed by atoms with Crippen molar-refractivity contribution in [2.45, 2.75) is 52.6 Å². The molecule has 0 spiro atoms. The van der Waals surface area contributed by atoms with Crippen LogP contribution in [0.2, 0.25) is 0 Å². The summed E-state index contributed by atoms with van der Waals surface area (Å²) in [5.74, 6) is 0. The highest BCUT2D eigenvalue weighted by atomic mass is 32.1. The van der Waals surface area contributed by atoms with Gasteiger partial charge in [0.25, 0.3) is 0 Å². The fourth-order valence-electron chi connectivity index (χ4n) is 2.65. The molecule has 0 saturated carbocycles. The number of nitrogens with zero attached hydrogens (tertiary/aromatic N) is 3. The van der Waals surface area contributed by atoms with E-state index in [1.54, 1.807) is 0 Å². The van der Waals surface area contributed by atoms with Gasteiger partial charge in [-0.15, -0.1) is 11.3 Å². The molecule has 0 amide bonds. The van der Waals surface area contributed by atoms with E-state index in [9.17, 15) is 0 Å². The maximum absolute atomic E-state index is 4.64. The minimum atomic E-state index is 0.277. The van der Waals surface area contributed by atoms with E-state index in [2.05, 4.69) is 54.7 Å². The minimum absolute atomic E-state index is 0.277. The van der Waals surface area contributed by atoms with Crippen molar-refractivity contribution in [2.75, 3.05) is 37.6 Å². The Kier molecular flexibility index (Phi) is 5.63. The van der Waals surface area contributed by atoms with Crippen molar-refractivity contribution in [3.8, 4) is 0 Å². The molecule has 2 rings (SSSR count). The minimum Gasteiger partial charge on any atom is -0.346 e. The number of hydrogen-bond acceptors (Lipinski definition) is 5. The SMILES string of the molecule is CCCNC(C)c1cnc(N2CCN(C(C)(C)C)CC2)s1. The number of thiazole rings is 1. The quantitative estimate of drug-likeness (QED) is 0.905. The highest BCUT2D eigenvalue weighted by Crippen LogP contribution is 2.28. The van der Waals surface area contributed by atoms with Gasteiger partial charge in [0.2, 0.25) is 0 Å². The van der Waals surface area contributed by atoms with E-state index in [-0.39, 0.29) is 5.54 Å². The summed E-state index contributed by atoms with van der Waals surface area (Å²) in [5.41, 5.74) is 0.277. The van der Waals surface area contributed by atoms with E-state index < -0.39 is 0 Å². The van der Waals surface area contributed by atoms with E-state index in [1.807, 2.05) is 17.5 Å². The maximum atomic E-state index is 4.64. The summed E-state index contributed by atoms with van der Waals surface area (Å²) in [4.78, 5) is 11.0. The predicted molar refractivity (Wildman–Crippen MR) is 92.4 cm³/mol. The van der Waals surface area contributed by atoms with Gasteiger partial charge in [-0.2, -0.15) is 0 Å². The topological polar surface area (TPSA) is 31.4 Å². The Morgan fingerprint density at radius 3 is 2.52 bits per heavy atom. The molecule has 1 atom stereocenters. The second kappa shape index (κ2) is 7.07. The second-order valence-corrected chi connectivity index (χ2v) is 7.91. The van der Waals surface area contributed by atoms with Crippen LogP contribution in [0.4, 0.5) is 5.13 Å². The van der Waals surface area contributed by atoms with Gasteiger partial charge in [-0.1, -0.05) is 6.92 Å². The smallest absolute Gasteiger partial charge is 0.185 e. The summed E-state index contributed by atoms with van der Waals surface area (Å²) in [7, 11) is 0.